The van der Waals surface area contributed by atoms with Crippen LogP contribution in [0.1, 0.15) is 10.6 Å². The third-order valence-electron chi connectivity index (χ3n) is 3.78. The molecule has 6 nitrogen and oxygen atoms in total. The van der Waals surface area contributed by atoms with E-state index in [0.29, 0.717) is 28.2 Å². The van der Waals surface area contributed by atoms with Crippen molar-refractivity contribution in [2.45, 2.75) is 12.7 Å². The topological polar surface area (TPSA) is 91.3 Å². The van der Waals surface area contributed by atoms with Crippen molar-refractivity contribution in [3.8, 4) is 17.0 Å². The number of amides is 2. The minimum Gasteiger partial charge on any atom is -0.508 e. The number of anilines is 1. The maximum Gasteiger partial charge on any atom is 0.443 e. The second kappa shape index (κ2) is 8.31. The highest BCUT2D eigenvalue weighted by atomic mass is 32.1. The quantitative estimate of drug-likeness (QED) is 0.559. The number of aromatic nitrogens is 1. The number of alkyl halides is 3. The highest BCUT2D eigenvalue weighted by Crippen LogP contribution is 2.34. The van der Waals surface area contributed by atoms with Crippen molar-refractivity contribution in [3.05, 3.63) is 64.5 Å². The van der Waals surface area contributed by atoms with Crippen molar-refractivity contribution in [3.63, 3.8) is 0 Å². The summed E-state index contributed by atoms with van der Waals surface area (Å²) in [6.45, 7) is 0.108. The van der Waals surface area contributed by atoms with Gasteiger partial charge in [0.2, 0.25) is 0 Å². The van der Waals surface area contributed by atoms with Crippen LogP contribution < -0.4 is 10.6 Å². The molecule has 0 aliphatic carbocycles. The van der Waals surface area contributed by atoms with Crippen LogP contribution in [-0.4, -0.2) is 21.9 Å². The smallest absolute Gasteiger partial charge is 0.443 e. The lowest BCUT2D eigenvalue weighted by Gasteiger charge is -2.07. The maximum absolute atomic E-state index is 12.6. The van der Waals surface area contributed by atoms with Crippen LogP contribution in [0.3, 0.4) is 0 Å². The largest absolute Gasteiger partial charge is 0.508 e. The molecule has 3 N–H and O–H groups in total. The highest BCUT2D eigenvalue weighted by molar-refractivity contribution is 7.10. The number of nitrogens with zero attached hydrogens (tertiary/aromatic N) is 1. The predicted molar refractivity (Wildman–Crippen MR) is 101 cm³/mol. The Balaban J connectivity index is 1.57. The summed E-state index contributed by atoms with van der Waals surface area (Å²) in [4.78, 5) is 27.4. The van der Waals surface area contributed by atoms with Gasteiger partial charge in [0.25, 0.3) is 0 Å². The molecular weight excluding hydrogens is 407 g/mol. The molecule has 29 heavy (non-hydrogen) atoms. The van der Waals surface area contributed by atoms with Gasteiger partial charge in [0.05, 0.1) is 5.69 Å². The molecule has 2 aromatic carbocycles. The van der Waals surface area contributed by atoms with Crippen LogP contribution in [0.2, 0.25) is 0 Å². The molecule has 0 fully saturated rings. The van der Waals surface area contributed by atoms with E-state index in [9.17, 15) is 27.9 Å². The van der Waals surface area contributed by atoms with E-state index in [1.807, 2.05) is 0 Å². The van der Waals surface area contributed by atoms with Gasteiger partial charge in [0.15, 0.2) is 5.01 Å². The van der Waals surface area contributed by atoms with Gasteiger partial charge in [-0.1, -0.05) is 24.3 Å². The molecular formula is C19H14F3N3O3S. The van der Waals surface area contributed by atoms with E-state index in [4.69, 9.17) is 0 Å². The summed E-state index contributed by atoms with van der Waals surface area (Å²) in [7, 11) is 0. The summed E-state index contributed by atoms with van der Waals surface area (Å²) in [5, 5.41) is 14.4. The second-order valence-electron chi connectivity index (χ2n) is 5.92. The summed E-state index contributed by atoms with van der Waals surface area (Å²) in [5.74, 6) is -1.64. The van der Waals surface area contributed by atoms with E-state index in [-0.39, 0.29) is 18.0 Å². The van der Waals surface area contributed by atoms with E-state index < -0.39 is 23.0 Å². The SMILES string of the molecule is O=C(NCc1ccc(O)cc1)C(=O)Nc1ccc(-c2csc(C(F)(F)F)n2)cc1. The van der Waals surface area contributed by atoms with Crippen molar-refractivity contribution >= 4 is 28.8 Å². The Bertz CT molecular complexity index is 1020. The summed E-state index contributed by atoms with van der Waals surface area (Å²) in [6.07, 6.45) is -4.50. The number of halogens is 3. The van der Waals surface area contributed by atoms with E-state index in [1.54, 1.807) is 12.1 Å². The third kappa shape index (κ3) is 5.32. The molecule has 3 aromatic rings. The Labute approximate surface area is 167 Å². The van der Waals surface area contributed by atoms with Crippen LogP contribution in [0.4, 0.5) is 18.9 Å². The van der Waals surface area contributed by atoms with Gasteiger partial charge in [-0.05, 0) is 29.8 Å². The van der Waals surface area contributed by atoms with Gasteiger partial charge in [-0.2, -0.15) is 13.2 Å². The highest BCUT2D eigenvalue weighted by Gasteiger charge is 2.34. The zero-order valence-corrected chi connectivity index (χ0v) is 15.5. The molecule has 2 amide bonds. The monoisotopic (exact) mass is 421 g/mol. The first-order valence-corrected chi connectivity index (χ1v) is 9.10. The molecule has 0 radical (unpaired) electrons. The fourth-order valence-corrected chi connectivity index (χ4v) is 3.02. The summed E-state index contributed by atoms with van der Waals surface area (Å²) < 4.78 is 37.9. The van der Waals surface area contributed by atoms with Crippen molar-refractivity contribution < 1.29 is 27.9 Å². The molecule has 0 aliphatic heterocycles. The number of thiazole rings is 1. The fraction of sp³-hybridized carbons (Fsp3) is 0.105. The van der Waals surface area contributed by atoms with E-state index in [0.717, 1.165) is 0 Å². The van der Waals surface area contributed by atoms with Crippen molar-refractivity contribution in [2.24, 2.45) is 0 Å². The zero-order chi connectivity index (χ0) is 21.0. The van der Waals surface area contributed by atoms with Crippen LogP contribution in [-0.2, 0) is 22.3 Å². The maximum atomic E-state index is 12.6. The first kappa shape index (κ1) is 20.3. The molecule has 0 spiro atoms. The van der Waals surface area contributed by atoms with Crippen LogP contribution in [0.5, 0.6) is 5.75 Å². The summed E-state index contributed by atoms with van der Waals surface area (Å²) >= 11 is 0.502. The summed E-state index contributed by atoms with van der Waals surface area (Å²) in [5.41, 5.74) is 1.64. The van der Waals surface area contributed by atoms with Crippen LogP contribution in [0.15, 0.2) is 53.9 Å². The van der Waals surface area contributed by atoms with Crippen molar-refractivity contribution in [1.29, 1.82) is 0 Å². The lowest BCUT2D eigenvalue weighted by molar-refractivity contribution is -0.137. The first-order valence-electron chi connectivity index (χ1n) is 8.22. The lowest BCUT2D eigenvalue weighted by atomic mass is 10.1. The number of carbonyl (C=O) groups excluding carboxylic acids is 2. The minimum atomic E-state index is -4.50. The molecule has 0 unspecified atom stereocenters. The number of hydrogen-bond donors (Lipinski definition) is 3. The molecule has 0 saturated heterocycles. The number of carbonyl (C=O) groups is 2. The first-order chi connectivity index (χ1) is 13.7. The Morgan fingerprint density at radius 3 is 2.24 bits per heavy atom. The van der Waals surface area contributed by atoms with Gasteiger partial charge < -0.3 is 15.7 Å². The van der Waals surface area contributed by atoms with Gasteiger partial charge in [0, 0.05) is 23.2 Å². The molecule has 1 aromatic heterocycles. The Kier molecular flexibility index (Phi) is 5.83. The van der Waals surface area contributed by atoms with Crippen LogP contribution >= 0.6 is 11.3 Å². The molecule has 0 bridgehead atoms. The van der Waals surface area contributed by atoms with E-state index >= 15 is 0 Å². The van der Waals surface area contributed by atoms with Gasteiger partial charge in [-0.3, -0.25) is 9.59 Å². The lowest BCUT2D eigenvalue weighted by Crippen LogP contribution is -2.34. The molecule has 0 aliphatic rings. The van der Waals surface area contributed by atoms with Crippen LogP contribution in [0.25, 0.3) is 11.3 Å². The number of phenols is 1. The third-order valence-corrected chi connectivity index (χ3v) is 4.67. The molecule has 3 rings (SSSR count). The number of aromatic hydroxyl groups is 1. The van der Waals surface area contributed by atoms with Gasteiger partial charge in [0.1, 0.15) is 5.75 Å². The van der Waals surface area contributed by atoms with E-state index in [1.165, 1.54) is 41.8 Å². The number of benzene rings is 2. The predicted octanol–water partition coefficient (Wildman–Crippen LogP) is 3.79. The molecule has 10 heteroatoms. The number of phenolic OH excluding ortho intramolecular Hbond substituents is 1. The van der Waals surface area contributed by atoms with Gasteiger partial charge in [-0.25, -0.2) is 4.98 Å². The average molecular weight is 421 g/mol. The molecule has 0 saturated carbocycles. The van der Waals surface area contributed by atoms with Gasteiger partial charge >= 0.3 is 18.0 Å². The standard InChI is InChI=1S/C19H14F3N3O3S/c20-19(21,22)18-25-15(10-29-18)12-3-5-13(6-4-12)24-17(28)16(27)23-9-11-1-7-14(26)8-2-11/h1-8,10,26H,9H2,(H,23,27)(H,24,28). The Hall–Kier alpha value is -3.40. The average Bonchev–Trinajstić information content (AvgIpc) is 3.18. The Morgan fingerprint density at radius 2 is 1.66 bits per heavy atom. The van der Waals surface area contributed by atoms with Crippen molar-refractivity contribution in [1.82, 2.24) is 10.3 Å². The van der Waals surface area contributed by atoms with Crippen LogP contribution in [0, 0.1) is 0 Å². The molecule has 1 heterocycles. The van der Waals surface area contributed by atoms with Gasteiger partial charge in [-0.15, -0.1) is 11.3 Å². The molecule has 0 atom stereocenters. The summed E-state index contributed by atoms with van der Waals surface area (Å²) in [6, 6.07) is 12.1. The molecule has 150 valence electrons. The Morgan fingerprint density at radius 1 is 1.00 bits per heavy atom. The normalized spacial score (nSPS) is 11.1. The zero-order valence-electron chi connectivity index (χ0n) is 14.7. The number of hydrogen-bond acceptors (Lipinski definition) is 5. The number of nitrogens with one attached hydrogen (secondary N) is 2. The number of rotatable bonds is 4. The second-order valence-corrected chi connectivity index (χ2v) is 6.77. The van der Waals surface area contributed by atoms with Crippen molar-refractivity contribution in [2.75, 3.05) is 5.32 Å². The minimum absolute atomic E-state index is 0.0912. The fourth-order valence-electron chi connectivity index (χ4n) is 2.33. The van der Waals surface area contributed by atoms with E-state index in [2.05, 4.69) is 15.6 Å².